The molecule has 0 aromatic carbocycles. The van der Waals surface area contributed by atoms with Crippen molar-refractivity contribution in [3.63, 3.8) is 0 Å². The first-order chi connectivity index (χ1) is 16.3. The van der Waals surface area contributed by atoms with Crippen LogP contribution in [0.25, 0.3) is 9.69 Å². The normalized spacial score (nSPS) is 27.6. The van der Waals surface area contributed by atoms with E-state index in [4.69, 9.17) is 13.1 Å². The van der Waals surface area contributed by atoms with Crippen LogP contribution in [0.2, 0.25) is 0 Å². The average molecular weight is 589 g/mol. The summed E-state index contributed by atoms with van der Waals surface area (Å²) >= 11 is 13.2. The molecule has 34 heavy (non-hydrogen) atoms. The van der Waals surface area contributed by atoms with Crippen molar-refractivity contribution in [1.82, 2.24) is 0 Å². The number of hydrogen-bond acceptors (Lipinski definition) is 10. The monoisotopic (exact) mass is 588 g/mol. The van der Waals surface area contributed by atoms with Crippen LogP contribution in [0.1, 0.15) is 0 Å². The first-order valence-electron chi connectivity index (χ1n) is 9.22. The first kappa shape index (κ1) is 26.0. The fourth-order valence-electron chi connectivity index (χ4n) is 2.96. The predicted octanol–water partition coefficient (Wildman–Crippen LogP) is 8.79. The van der Waals surface area contributed by atoms with Crippen LogP contribution in [0.5, 0.6) is 0 Å². The smallest absolute Gasteiger partial charge is 0.171 e. The van der Waals surface area contributed by atoms with Crippen LogP contribution < -0.4 is 0 Å². The Kier molecular flexibility index (Phi) is 8.35. The Morgan fingerprint density at radius 1 is 0.588 bits per heavy atom. The third-order valence-electron chi connectivity index (χ3n) is 4.65. The van der Waals surface area contributed by atoms with Crippen molar-refractivity contribution in [3.8, 4) is 12.1 Å². The number of nitriles is 2. The Labute approximate surface area is 233 Å². The molecule has 0 aromatic rings. The van der Waals surface area contributed by atoms with E-state index in [0.717, 1.165) is 16.9 Å². The summed E-state index contributed by atoms with van der Waals surface area (Å²) < 4.78 is 6.87. The molecule has 0 bridgehead atoms. The van der Waals surface area contributed by atoms with Gasteiger partial charge in [-0.3, -0.25) is 0 Å². The number of hydrogen-bond donors (Lipinski definition) is 0. The quantitative estimate of drug-likeness (QED) is 0.235. The Bertz CT molecular complexity index is 1110. The molecule has 168 valence electrons. The molecule has 4 aliphatic rings. The summed E-state index contributed by atoms with van der Waals surface area (Å²) in [6, 6.07) is 4.31. The molecule has 0 spiro atoms. The van der Waals surface area contributed by atoms with Gasteiger partial charge < -0.3 is 0 Å². The minimum absolute atomic E-state index is 0.197. The molecule has 4 aliphatic heterocycles. The highest BCUT2D eigenvalue weighted by Gasteiger charge is 2.43. The second-order valence-electron chi connectivity index (χ2n) is 6.77. The fourth-order valence-corrected chi connectivity index (χ4v) is 16.3. The summed E-state index contributed by atoms with van der Waals surface area (Å²) in [5.41, 5.74) is 1.77. The Morgan fingerprint density at radius 3 is 1.15 bits per heavy atom. The zero-order valence-corrected chi connectivity index (χ0v) is 23.7. The van der Waals surface area contributed by atoms with E-state index in [0.29, 0.717) is 22.5 Å². The molecule has 0 saturated heterocycles. The predicted molar refractivity (Wildman–Crippen MR) is 158 cm³/mol. The molecular weight excluding hydrogens is 577 g/mol. The van der Waals surface area contributed by atoms with Gasteiger partial charge in [-0.15, -0.1) is 47.0 Å². The van der Waals surface area contributed by atoms with Crippen LogP contribution in [-0.2, 0) is 0 Å². The van der Waals surface area contributed by atoms with Gasteiger partial charge in [-0.1, -0.05) is 73.4 Å². The molecule has 0 saturated carbocycles. The second kappa shape index (κ2) is 10.9. The van der Waals surface area contributed by atoms with Gasteiger partial charge >= 0.3 is 0 Å². The van der Waals surface area contributed by atoms with Crippen molar-refractivity contribution in [3.05, 3.63) is 97.1 Å². The highest BCUT2D eigenvalue weighted by atomic mass is 32.3. The van der Waals surface area contributed by atoms with E-state index in [1.807, 2.05) is 0 Å². The molecule has 0 N–H and O–H groups in total. The van der Waals surface area contributed by atoms with Crippen LogP contribution in [0.15, 0.2) is 74.3 Å². The fraction of sp³-hybridized carbons (Fsp3) is 0.182. The van der Waals surface area contributed by atoms with Gasteiger partial charge in [0, 0.05) is 11.1 Å². The summed E-state index contributed by atoms with van der Waals surface area (Å²) in [6.45, 7) is 30.4. The van der Waals surface area contributed by atoms with Gasteiger partial charge in [0.1, 0.15) is 0 Å². The minimum atomic E-state index is -0.208. The summed E-state index contributed by atoms with van der Waals surface area (Å²) in [7, 11) is 0. The van der Waals surface area contributed by atoms with E-state index >= 15 is 0 Å². The molecule has 0 aliphatic carbocycles. The molecule has 0 aromatic heterocycles. The first-order valence-corrected chi connectivity index (χ1v) is 16.0. The Morgan fingerprint density at radius 2 is 0.882 bits per heavy atom. The van der Waals surface area contributed by atoms with Crippen molar-refractivity contribution in [1.29, 1.82) is 10.5 Å². The Hall–Kier alpha value is -1.06. The molecular formula is C22H12N4S8. The van der Waals surface area contributed by atoms with Crippen molar-refractivity contribution in [2.45, 2.75) is 21.0 Å². The zero-order valence-electron chi connectivity index (χ0n) is 17.2. The summed E-state index contributed by atoms with van der Waals surface area (Å²) in [4.78, 5) is 7.08. The largest absolute Gasteiger partial charge is 0.242 e. The van der Waals surface area contributed by atoms with E-state index < -0.39 is 0 Å². The van der Waals surface area contributed by atoms with Gasteiger partial charge in [-0.25, -0.2) is 9.69 Å². The molecule has 4 heterocycles. The lowest BCUT2D eigenvalue weighted by Gasteiger charge is -2.29. The lowest BCUT2D eigenvalue weighted by molar-refractivity contribution is 1.02. The lowest BCUT2D eigenvalue weighted by atomic mass is 10.1. The summed E-state index contributed by atoms with van der Waals surface area (Å²) in [6.07, 6.45) is 0. The van der Waals surface area contributed by atoms with E-state index in [1.165, 1.54) is 8.47 Å². The Balaban J connectivity index is 1.55. The maximum absolute atomic E-state index is 9.41. The average Bonchev–Trinajstić information content (AvgIpc) is 3.48. The van der Waals surface area contributed by atoms with Crippen LogP contribution in [0, 0.1) is 35.8 Å². The molecule has 4 rings (SSSR count). The van der Waals surface area contributed by atoms with E-state index in [2.05, 4.69) is 48.1 Å². The SMILES string of the molecule is [C-]#[N+]C(=C)C1SC2=C(SC(=C3SC4=C(S3)SC(C(=C)C#N)C(C(=C)C#N)S4)S2)SC1C(=C)[N+]#[C-]. The van der Waals surface area contributed by atoms with E-state index in [-0.39, 0.29) is 21.0 Å². The van der Waals surface area contributed by atoms with Crippen LogP contribution in [0.4, 0.5) is 0 Å². The third kappa shape index (κ3) is 4.94. The van der Waals surface area contributed by atoms with E-state index in [9.17, 15) is 10.5 Å². The molecule has 0 fully saturated rings. The van der Waals surface area contributed by atoms with Crippen LogP contribution >= 0.6 is 94.1 Å². The second-order valence-corrected chi connectivity index (χ2v) is 17.0. The van der Waals surface area contributed by atoms with Crippen molar-refractivity contribution in [2.24, 2.45) is 0 Å². The molecule has 4 unspecified atom stereocenters. The maximum Gasteiger partial charge on any atom is 0.171 e. The molecule has 4 atom stereocenters. The van der Waals surface area contributed by atoms with Gasteiger partial charge in [-0.2, -0.15) is 10.5 Å². The van der Waals surface area contributed by atoms with Crippen molar-refractivity contribution >= 4 is 94.1 Å². The van der Waals surface area contributed by atoms with Crippen molar-refractivity contribution < 1.29 is 0 Å². The van der Waals surface area contributed by atoms with Gasteiger partial charge in [0.15, 0.2) is 11.4 Å². The van der Waals surface area contributed by atoms with E-state index in [1.54, 1.807) is 94.1 Å². The topological polar surface area (TPSA) is 56.3 Å². The highest BCUT2D eigenvalue weighted by molar-refractivity contribution is 8.46. The summed E-state index contributed by atoms with van der Waals surface area (Å²) in [5, 5.41) is 18.0. The highest BCUT2D eigenvalue weighted by Crippen LogP contribution is 2.70. The maximum atomic E-state index is 9.41. The van der Waals surface area contributed by atoms with Gasteiger partial charge in [0.2, 0.25) is 0 Å². The minimum Gasteiger partial charge on any atom is -0.242 e. The number of rotatable bonds is 4. The lowest BCUT2D eigenvalue weighted by Crippen LogP contribution is -2.25. The van der Waals surface area contributed by atoms with Gasteiger partial charge in [0.25, 0.3) is 0 Å². The zero-order chi connectivity index (χ0) is 24.6. The third-order valence-corrected chi connectivity index (χ3v) is 17.7. The van der Waals surface area contributed by atoms with Crippen LogP contribution in [0.3, 0.4) is 0 Å². The van der Waals surface area contributed by atoms with Gasteiger partial charge in [-0.05, 0) is 0 Å². The van der Waals surface area contributed by atoms with Crippen molar-refractivity contribution in [2.75, 3.05) is 0 Å². The molecule has 12 heteroatoms. The standard InChI is InChI=1S/C22H12N4S8/c1-9(7-23)13-14(10(2)8-24)28-18-17(27-13)31-21(32-18)22-33-19-20(34-22)30-16(12(4)26-6)15(29-19)11(3)25-5/h13-16H,1-4H2. The number of thioether (sulfide) groups is 8. The number of nitrogens with zero attached hydrogens (tertiary/aromatic N) is 4. The van der Waals surface area contributed by atoms with Crippen LogP contribution in [-0.4, -0.2) is 21.0 Å². The summed E-state index contributed by atoms with van der Waals surface area (Å²) in [5.74, 6) is 0. The molecule has 0 amide bonds. The van der Waals surface area contributed by atoms with Gasteiger partial charge in [0.05, 0.1) is 71.7 Å². The molecule has 4 nitrogen and oxygen atoms in total. The molecule has 0 radical (unpaired) electrons.